The van der Waals surface area contributed by atoms with Crippen molar-refractivity contribution in [1.82, 2.24) is 28.7 Å². The third kappa shape index (κ3) is 19.5. The Labute approximate surface area is 650 Å². The number of benzene rings is 8. The Bertz CT molecular complexity index is 6280. The fourth-order valence-corrected chi connectivity index (χ4v) is 13.7. The van der Waals surface area contributed by atoms with Crippen LogP contribution < -0.4 is 10.9 Å². The summed E-state index contributed by atoms with van der Waals surface area (Å²) in [5.41, 5.74) is -6.42. The third-order valence-corrected chi connectivity index (χ3v) is 19.1. The fraction of sp³-hybridized carbons (Fsp3) is 0.309. The van der Waals surface area contributed by atoms with Gasteiger partial charge in [-0.3, -0.25) is 19.2 Å². The standard InChI is InChI=1S/C41H40F5N3O3S.C40H38F5N3O3S/c1-27-6-15-36-34(22-27)37(50)23-39(53-26-31-4-3-5-35(42)40(31)43)49(36)25-38(51)48(33-16-18-47(19-17-33)20-21-52-2)24-28-7-9-29(10-8-28)30-11-13-32(14-12-30)41(44,45)46;1-51-22-21-46-19-17-32(18-20-46)47(24-27-9-11-28(12-10-27)29-13-15-31(16-14-29)40(43,44)45)37(50)25-48-35-8-3-2-6-33(35)36(49)23-38(48)52-26-30-5-4-7-34(41)39(30)42/h3-15,22-23,33H,16-21,24-26H2,1-2H3;2-16,23,32H,17-22,24-26H2,1H3/i2D3,3D,4D,5D,6D,7D,8D,9D,10D,11D,12D,13D,14D,15D,20D2,21D2,22D,23D;1D3,21D2,22D2. The molecule has 10 aromatic rings. The number of para-hydroxylation sites is 1. The number of hydrogen-bond donors (Lipinski definition) is 0. The number of alkyl halides is 6. The average Bonchev–Trinajstić information content (AvgIpc) is 0.721. The molecule has 24 heteroatoms. The van der Waals surface area contributed by atoms with Gasteiger partial charge in [0.15, 0.2) is 34.1 Å². The number of carbonyl (C=O) groups is 2. The molecule has 0 spiro atoms. The first kappa shape index (κ1) is 47.5. The number of methoxy groups -OCH3 is 2. The van der Waals surface area contributed by atoms with Gasteiger partial charge in [0.1, 0.15) is 13.1 Å². The molecule has 0 radical (unpaired) electrons. The van der Waals surface area contributed by atoms with Crippen molar-refractivity contribution in [2.75, 3.05) is 66.4 Å². The van der Waals surface area contributed by atoms with Crippen molar-refractivity contribution in [3.63, 3.8) is 0 Å². The molecule has 2 aliphatic heterocycles. The number of halogens is 10. The second-order valence-electron chi connectivity index (χ2n) is 23.8. The van der Waals surface area contributed by atoms with Crippen LogP contribution in [0.1, 0.15) is 104 Å². The van der Waals surface area contributed by atoms with Crippen molar-refractivity contribution in [2.24, 2.45) is 0 Å². The van der Waals surface area contributed by atoms with Crippen LogP contribution in [0.15, 0.2) is 207 Å². The predicted molar refractivity (Wildman–Crippen MR) is 391 cm³/mol. The van der Waals surface area contributed by atoms with Crippen molar-refractivity contribution < 1.29 is 103 Å². The Hall–Kier alpha value is -9.04. The van der Waals surface area contributed by atoms with Gasteiger partial charge in [-0.25, -0.2) is 17.6 Å². The van der Waals surface area contributed by atoms with E-state index in [0.717, 1.165) is 49.2 Å². The van der Waals surface area contributed by atoms with E-state index in [9.17, 15) is 53.9 Å². The fourth-order valence-electron chi connectivity index (χ4n) is 11.7. The van der Waals surface area contributed by atoms with E-state index in [0.29, 0.717) is 44.4 Å². The highest BCUT2D eigenvalue weighted by Crippen LogP contribution is 2.36. The van der Waals surface area contributed by atoms with Gasteiger partial charge in [-0.2, -0.15) is 26.3 Å². The summed E-state index contributed by atoms with van der Waals surface area (Å²) < 4.78 is 390. The van der Waals surface area contributed by atoms with E-state index in [2.05, 4.69) is 9.47 Å². The molecule has 2 fully saturated rings. The van der Waals surface area contributed by atoms with Crippen LogP contribution in [-0.2, 0) is 69.1 Å². The highest BCUT2D eigenvalue weighted by molar-refractivity contribution is 7.98. The summed E-state index contributed by atoms with van der Waals surface area (Å²) in [5.74, 6) is -8.16. The number of hydrogen-bond acceptors (Lipinski definition) is 10. The van der Waals surface area contributed by atoms with Gasteiger partial charge in [0, 0.05) is 129 Å². The van der Waals surface area contributed by atoms with Gasteiger partial charge in [-0.15, -0.1) is 23.5 Å². The zero-order valence-corrected chi connectivity index (χ0v) is 56.7. The summed E-state index contributed by atoms with van der Waals surface area (Å²) in [6, 6.07) is 4.90. The molecule has 4 heterocycles. The van der Waals surface area contributed by atoms with Crippen molar-refractivity contribution >= 4 is 57.1 Å². The molecule has 12 rings (SSSR count). The van der Waals surface area contributed by atoms with E-state index in [-0.39, 0.29) is 74.2 Å². The summed E-state index contributed by atoms with van der Waals surface area (Å²) in [6.07, 6.45) is -10.3. The number of amides is 2. The molecule has 8 aromatic carbocycles. The van der Waals surface area contributed by atoms with E-state index in [1.807, 2.05) is 0 Å². The molecule has 2 saturated heterocycles. The lowest BCUT2D eigenvalue weighted by molar-refractivity contribution is -0.138. The summed E-state index contributed by atoms with van der Waals surface area (Å²) in [7, 11) is -6.63. The van der Waals surface area contributed by atoms with Crippen molar-refractivity contribution in [1.29, 1.82) is 0 Å². The van der Waals surface area contributed by atoms with Crippen LogP contribution in [0.4, 0.5) is 43.9 Å². The molecule has 550 valence electrons. The number of piperidine rings is 2. The summed E-state index contributed by atoms with van der Waals surface area (Å²) >= 11 is 1.36. The van der Waals surface area contributed by atoms with E-state index in [1.54, 1.807) is 58.0 Å². The minimum Gasteiger partial charge on any atom is -0.383 e. The Morgan fingerprint density at radius 1 is 0.533 bits per heavy atom. The van der Waals surface area contributed by atoms with Gasteiger partial charge in [-0.1, -0.05) is 121 Å². The number of likely N-dealkylation sites (tertiary alicyclic amines) is 2. The van der Waals surface area contributed by atoms with Crippen molar-refractivity contribution in [3.8, 4) is 22.3 Å². The molecule has 2 aliphatic rings. The van der Waals surface area contributed by atoms with Gasteiger partial charge < -0.3 is 38.2 Å². The lowest BCUT2D eigenvalue weighted by atomic mass is 10.00. The van der Waals surface area contributed by atoms with Crippen LogP contribution in [-0.4, -0.2) is 119 Å². The third-order valence-electron chi connectivity index (χ3n) is 17.0. The number of pyridine rings is 2. The van der Waals surface area contributed by atoms with Gasteiger partial charge in [0.25, 0.3) is 0 Å². The summed E-state index contributed by atoms with van der Waals surface area (Å²) in [4.78, 5) is 61.5. The maximum Gasteiger partial charge on any atom is 0.416 e. The monoisotopic (exact) mass is 1510 g/mol. The molecular weight excluding hydrogens is 1410 g/mol. The quantitative estimate of drug-likeness (QED) is 0.0428. The highest BCUT2D eigenvalue weighted by Gasteiger charge is 2.34. The zero-order chi connectivity index (χ0) is 99.8. The number of fused-ring (bicyclic) bond motifs is 2. The largest absolute Gasteiger partial charge is 0.416 e. The number of aromatic nitrogens is 2. The topological polar surface area (TPSA) is 110 Å². The van der Waals surface area contributed by atoms with E-state index in [1.165, 1.54) is 37.3 Å². The van der Waals surface area contributed by atoms with E-state index >= 15 is 9.18 Å². The molecule has 0 saturated carbocycles. The molecule has 2 aromatic heterocycles. The molecule has 0 bridgehead atoms. The Morgan fingerprint density at radius 3 is 1.66 bits per heavy atom. The Balaban J connectivity index is 0.000000265. The second-order valence-corrected chi connectivity index (χ2v) is 25.7. The molecule has 105 heavy (non-hydrogen) atoms. The summed E-state index contributed by atoms with van der Waals surface area (Å²) in [6.45, 7) is -15.1. The summed E-state index contributed by atoms with van der Waals surface area (Å²) in [5, 5.41) is -0.659. The first-order chi connectivity index (χ1) is 62.0. The predicted octanol–water partition coefficient (Wildman–Crippen LogP) is 17.1. The van der Waals surface area contributed by atoms with Gasteiger partial charge in [0.05, 0.1) is 79.6 Å². The normalized spacial score (nSPS) is 18.9. The lowest BCUT2D eigenvalue weighted by Crippen LogP contribution is -2.48. The Morgan fingerprint density at radius 2 is 1.07 bits per heavy atom. The lowest BCUT2D eigenvalue weighted by Gasteiger charge is -2.39. The number of ether oxygens (including phenoxy) is 2. The molecule has 0 aliphatic carbocycles. The Kier molecular flexibility index (Phi) is 15.8. The molecular formula is C81H78F10N6O6S2. The van der Waals surface area contributed by atoms with Crippen LogP contribution in [0.2, 0.25) is 0 Å². The van der Waals surface area contributed by atoms with Crippen molar-refractivity contribution in [3.05, 3.63) is 270 Å². The maximum atomic E-state index is 15.3. The first-order valence-corrected chi connectivity index (χ1v) is 33.9. The smallest absolute Gasteiger partial charge is 0.383 e. The SMILES string of the molecule is [2H]C([2H])([2H])OC([2H])([2H])C([2H])([2H])N1CCC(N(Cc2ccc(-c3ccc(C(F)(F)F)cc3)cc2)C(=O)Cn2c(SCc3cccc(F)c3F)cc(=O)c3ccccc32)CC1.[2H]c1c([2H])c(F)c(F)c(CSc2c([2H])c(=O)c3c([2H])c(C)c([2H])c([2H])c3n2CC(=O)N(Cc2c([2H])c([2H])c(-c3c([2H])c([2H])c(C(F)(F)F)c([2H])c3[2H])c([2H])c2[2H])C2CCN(C([2H])([2H])C([2H])([2H])OC([2H])([2H])[2H])CC2)c1[2H]. The molecule has 0 unspecified atom stereocenters. The zero-order valence-electron chi connectivity index (χ0n) is 84.0. The van der Waals surface area contributed by atoms with E-state index in [4.69, 9.17) is 39.8 Å². The van der Waals surface area contributed by atoms with Crippen LogP contribution >= 0.6 is 23.5 Å². The minimum absolute atomic E-state index is 0.0295. The second kappa shape index (κ2) is 34.9. The minimum atomic E-state index is -5.40. The number of carbonyl (C=O) groups excluding carboxylic acids is 2. The number of rotatable bonds is 24. The van der Waals surface area contributed by atoms with Crippen LogP contribution in [0, 0.1) is 30.2 Å². The molecule has 12 nitrogen and oxygen atoms in total. The van der Waals surface area contributed by atoms with Crippen LogP contribution in [0.3, 0.4) is 0 Å². The first-order valence-electron chi connectivity index (χ1n) is 46.4. The molecule has 0 atom stereocenters. The van der Waals surface area contributed by atoms with Crippen LogP contribution in [0.25, 0.3) is 44.1 Å². The maximum absolute atomic E-state index is 15.3. The van der Waals surface area contributed by atoms with Crippen LogP contribution in [0.5, 0.6) is 0 Å². The highest BCUT2D eigenvalue weighted by atomic mass is 32.2. The van der Waals surface area contributed by atoms with Gasteiger partial charge in [-0.05, 0) is 127 Å². The van der Waals surface area contributed by atoms with E-state index < -0.39 is 277 Å². The van der Waals surface area contributed by atoms with Crippen molar-refractivity contribution in [2.45, 2.75) is 105 Å². The number of thioether (sulfide) groups is 2. The number of nitrogens with zero attached hydrogens (tertiary/aromatic N) is 6. The molecule has 0 N–H and O–H groups in total. The molecule has 2 amide bonds. The van der Waals surface area contributed by atoms with Gasteiger partial charge >= 0.3 is 12.4 Å². The average molecular weight is 1510 g/mol. The van der Waals surface area contributed by atoms with Gasteiger partial charge in [0.2, 0.25) is 11.8 Å².